The Kier molecular flexibility index (Phi) is 8.68. The van der Waals surface area contributed by atoms with Gasteiger partial charge in [0, 0.05) is 58.1 Å². The fraction of sp³-hybridized carbons (Fsp3) is 0.762. The van der Waals surface area contributed by atoms with Gasteiger partial charge in [0.15, 0.2) is 0 Å². The molecule has 0 unspecified atom stereocenters. The van der Waals surface area contributed by atoms with Crippen LogP contribution in [-0.2, 0) is 4.79 Å². The van der Waals surface area contributed by atoms with E-state index in [0.717, 1.165) is 81.7 Å². The fourth-order valence-electron chi connectivity index (χ4n) is 4.49. The number of amides is 1. The van der Waals surface area contributed by atoms with E-state index in [9.17, 15) is 4.79 Å². The van der Waals surface area contributed by atoms with Gasteiger partial charge in [0.1, 0.15) is 0 Å². The fourth-order valence-corrected chi connectivity index (χ4v) is 4.70. The summed E-state index contributed by atoms with van der Waals surface area (Å²) in [6, 6.07) is 0. The van der Waals surface area contributed by atoms with Crippen molar-refractivity contribution in [2.24, 2.45) is 11.8 Å². The van der Waals surface area contributed by atoms with E-state index in [0.29, 0.717) is 18.4 Å². The van der Waals surface area contributed by atoms with Crippen LogP contribution in [0.3, 0.4) is 0 Å². The number of rotatable bonds is 7. The second-order valence-electron chi connectivity index (χ2n) is 8.37. The third-order valence-electron chi connectivity index (χ3n) is 6.33. The molecule has 2 aliphatic rings. The van der Waals surface area contributed by atoms with E-state index in [1.807, 2.05) is 7.05 Å². The van der Waals surface area contributed by atoms with Crippen LogP contribution in [0.25, 0.3) is 0 Å². The summed E-state index contributed by atoms with van der Waals surface area (Å²) in [4.78, 5) is 28.1. The summed E-state index contributed by atoms with van der Waals surface area (Å²) in [6.45, 7) is 5.37. The minimum atomic E-state index is 0.196. The van der Waals surface area contributed by atoms with Crippen molar-refractivity contribution in [2.75, 3.05) is 57.8 Å². The molecule has 1 aromatic heterocycles. The molecule has 1 aromatic rings. The third kappa shape index (κ3) is 6.62. The molecular weight excluding hydrogens is 434 g/mol. The second-order valence-corrected chi connectivity index (χ2v) is 9.29. The minimum Gasteiger partial charge on any atom is -0.395 e. The normalized spacial score (nSPS) is 23.6. The van der Waals surface area contributed by atoms with Crippen molar-refractivity contribution in [3.63, 3.8) is 0 Å². The molecule has 2 heterocycles. The van der Waals surface area contributed by atoms with Crippen molar-refractivity contribution >= 4 is 27.8 Å². The van der Waals surface area contributed by atoms with E-state index >= 15 is 0 Å². The molecule has 1 saturated heterocycles. The summed E-state index contributed by atoms with van der Waals surface area (Å²) < 4.78 is 0.892. The van der Waals surface area contributed by atoms with Crippen molar-refractivity contribution in [3.05, 3.63) is 16.9 Å². The number of carbonyl (C=O) groups is 1. The Bertz CT molecular complexity index is 636. The monoisotopic (exact) mass is 467 g/mol. The van der Waals surface area contributed by atoms with Gasteiger partial charge < -0.3 is 14.9 Å². The number of hydrogen-bond acceptors (Lipinski definition) is 6. The van der Waals surface area contributed by atoms with Crippen LogP contribution in [0, 0.1) is 11.8 Å². The first-order valence-corrected chi connectivity index (χ1v) is 11.7. The number of anilines is 1. The summed E-state index contributed by atoms with van der Waals surface area (Å²) in [7, 11) is 2.04. The molecule has 0 atom stereocenters. The molecule has 1 amide bonds. The summed E-state index contributed by atoms with van der Waals surface area (Å²) >= 11 is 3.37. The van der Waals surface area contributed by atoms with Crippen LogP contribution in [0.4, 0.5) is 5.95 Å². The van der Waals surface area contributed by atoms with Gasteiger partial charge in [-0.1, -0.05) is 0 Å². The number of carbonyl (C=O) groups excluding carboxylic acids is 1. The Hall–Kier alpha value is -1.25. The van der Waals surface area contributed by atoms with Crippen LogP contribution in [-0.4, -0.2) is 83.7 Å². The molecule has 0 radical (unpaired) electrons. The standard InChI is InChI=1S/C21H34BrN5O2/c1-25(21-23-15-19(22)16-24-21)10-7-17-3-5-18(6-4-17)20(29)27-9-2-8-26(11-12-27)13-14-28/h15-18,28H,2-14H2,1H3/t17-,18-. The van der Waals surface area contributed by atoms with E-state index in [1.54, 1.807) is 12.4 Å². The van der Waals surface area contributed by atoms with Crippen molar-refractivity contribution in [3.8, 4) is 0 Å². The zero-order valence-electron chi connectivity index (χ0n) is 17.5. The number of aliphatic hydroxyl groups is 1. The molecule has 0 bridgehead atoms. The minimum absolute atomic E-state index is 0.196. The highest BCUT2D eigenvalue weighted by Gasteiger charge is 2.30. The lowest BCUT2D eigenvalue weighted by atomic mass is 9.80. The Morgan fingerprint density at radius 3 is 2.59 bits per heavy atom. The maximum absolute atomic E-state index is 13.0. The highest BCUT2D eigenvalue weighted by Crippen LogP contribution is 2.32. The summed E-state index contributed by atoms with van der Waals surface area (Å²) in [6.07, 6.45) is 9.98. The zero-order valence-corrected chi connectivity index (χ0v) is 19.1. The highest BCUT2D eigenvalue weighted by molar-refractivity contribution is 9.10. The van der Waals surface area contributed by atoms with Gasteiger partial charge in [0.2, 0.25) is 11.9 Å². The van der Waals surface area contributed by atoms with E-state index in [2.05, 4.69) is 40.6 Å². The molecule has 7 nitrogen and oxygen atoms in total. The van der Waals surface area contributed by atoms with Gasteiger partial charge in [-0.05, 0) is 66.9 Å². The number of aromatic nitrogens is 2. The molecule has 1 aliphatic carbocycles. The number of β-amino-alcohol motifs (C(OH)–C–C–N with tert-alkyl or cyclic N) is 1. The number of hydrogen-bond donors (Lipinski definition) is 1. The molecule has 2 fully saturated rings. The van der Waals surface area contributed by atoms with Crippen LogP contribution >= 0.6 is 15.9 Å². The lowest BCUT2D eigenvalue weighted by Gasteiger charge is -2.32. The predicted octanol–water partition coefficient (Wildman–Crippen LogP) is 2.40. The van der Waals surface area contributed by atoms with Gasteiger partial charge in [-0.3, -0.25) is 9.69 Å². The lowest BCUT2D eigenvalue weighted by Crippen LogP contribution is -2.40. The quantitative estimate of drug-likeness (QED) is 0.663. The number of nitrogens with zero attached hydrogens (tertiary/aromatic N) is 5. The average molecular weight is 468 g/mol. The highest BCUT2D eigenvalue weighted by atomic mass is 79.9. The molecule has 1 saturated carbocycles. The summed E-state index contributed by atoms with van der Waals surface area (Å²) in [5, 5.41) is 9.13. The number of halogens is 1. The summed E-state index contributed by atoms with van der Waals surface area (Å²) in [5.41, 5.74) is 0. The predicted molar refractivity (Wildman–Crippen MR) is 118 cm³/mol. The Labute approximate surface area is 182 Å². The molecule has 29 heavy (non-hydrogen) atoms. The van der Waals surface area contributed by atoms with Gasteiger partial charge in [-0.15, -0.1) is 0 Å². The Balaban J connectivity index is 1.39. The average Bonchev–Trinajstić information content (AvgIpc) is 2.98. The van der Waals surface area contributed by atoms with Gasteiger partial charge in [0.25, 0.3) is 0 Å². The van der Waals surface area contributed by atoms with Gasteiger partial charge in [0.05, 0.1) is 11.1 Å². The molecule has 1 N–H and O–H groups in total. The Morgan fingerprint density at radius 2 is 1.90 bits per heavy atom. The van der Waals surface area contributed by atoms with Gasteiger partial charge >= 0.3 is 0 Å². The SMILES string of the molecule is CN(CC[C@H]1CC[C@H](C(=O)N2CCCN(CCO)CC2)CC1)c1ncc(Br)cn1. The first-order chi connectivity index (χ1) is 14.1. The largest absolute Gasteiger partial charge is 0.395 e. The van der Waals surface area contributed by atoms with Crippen LogP contribution in [0.2, 0.25) is 0 Å². The van der Waals surface area contributed by atoms with Crippen LogP contribution in [0.1, 0.15) is 38.5 Å². The zero-order chi connectivity index (χ0) is 20.6. The second kappa shape index (κ2) is 11.2. The molecule has 0 spiro atoms. The maximum Gasteiger partial charge on any atom is 0.225 e. The first kappa shape index (κ1) is 22.4. The van der Waals surface area contributed by atoms with E-state index < -0.39 is 0 Å². The third-order valence-corrected chi connectivity index (χ3v) is 6.74. The van der Waals surface area contributed by atoms with Crippen LogP contribution < -0.4 is 4.90 Å². The van der Waals surface area contributed by atoms with Crippen LogP contribution in [0.5, 0.6) is 0 Å². The maximum atomic E-state index is 13.0. The molecule has 162 valence electrons. The molecular formula is C21H34BrN5O2. The van der Waals surface area contributed by atoms with Crippen molar-refractivity contribution in [1.82, 2.24) is 19.8 Å². The first-order valence-electron chi connectivity index (χ1n) is 10.9. The Morgan fingerprint density at radius 1 is 1.17 bits per heavy atom. The van der Waals surface area contributed by atoms with Crippen LogP contribution in [0.15, 0.2) is 16.9 Å². The number of aliphatic hydroxyl groups excluding tert-OH is 1. The van der Waals surface area contributed by atoms with Crippen molar-refractivity contribution in [2.45, 2.75) is 38.5 Å². The van der Waals surface area contributed by atoms with E-state index in [-0.39, 0.29) is 12.5 Å². The molecule has 1 aliphatic heterocycles. The van der Waals surface area contributed by atoms with E-state index in [4.69, 9.17) is 5.11 Å². The summed E-state index contributed by atoms with van der Waals surface area (Å²) in [5.74, 6) is 1.99. The van der Waals surface area contributed by atoms with Gasteiger partial charge in [-0.25, -0.2) is 9.97 Å². The van der Waals surface area contributed by atoms with E-state index in [1.165, 1.54) is 0 Å². The lowest BCUT2D eigenvalue weighted by molar-refractivity contribution is -0.136. The van der Waals surface area contributed by atoms with Crippen molar-refractivity contribution in [1.29, 1.82) is 0 Å². The smallest absolute Gasteiger partial charge is 0.225 e. The molecule has 8 heteroatoms. The topological polar surface area (TPSA) is 72.8 Å². The molecule has 0 aromatic carbocycles. The van der Waals surface area contributed by atoms with Crippen molar-refractivity contribution < 1.29 is 9.90 Å². The molecule has 3 rings (SSSR count). The van der Waals surface area contributed by atoms with Gasteiger partial charge in [-0.2, -0.15) is 0 Å².